The van der Waals surface area contributed by atoms with Crippen molar-refractivity contribution in [2.45, 2.75) is 13.0 Å². The Balaban J connectivity index is 2.56. The van der Waals surface area contributed by atoms with Gasteiger partial charge in [0, 0.05) is 11.1 Å². The first kappa shape index (κ1) is 13.6. The molecule has 4 heteroatoms. The summed E-state index contributed by atoms with van der Waals surface area (Å²) in [6.07, 6.45) is 0. The van der Waals surface area contributed by atoms with E-state index in [1.54, 1.807) is 13.0 Å². The summed E-state index contributed by atoms with van der Waals surface area (Å²) in [6, 6.07) is 7.34. The molecule has 0 spiro atoms. The highest BCUT2D eigenvalue weighted by molar-refractivity contribution is 5.35. The fourth-order valence-electron chi connectivity index (χ4n) is 2.11. The quantitative estimate of drug-likeness (QED) is 0.891. The van der Waals surface area contributed by atoms with Crippen molar-refractivity contribution in [3.05, 3.63) is 70.5 Å². The van der Waals surface area contributed by atoms with E-state index < -0.39 is 23.5 Å². The van der Waals surface area contributed by atoms with Crippen molar-refractivity contribution in [2.75, 3.05) is 7.05 Å². The van der Waals surface area contributed by atoms with Crippen LogP contribution in [0.5, 0.6) is 0 Å². The molecule has 19 heavy (non-hydrogen) atoms. The molecule has 0 aliphatic rings. The van der Waals surface area contributed by atoms with Crippen LogP contribution in [0.1, 0.15) is 22.7 Å². The summed E-state index contributed by atoms with van der Waals surface area (Å²) in [5.74, 6) is -1.87. The summed E-state index contributed by atoms with van der Waals surface area (Å²) in [7, 11) is 1.54. The zero-order valence-corrected chi connectivity index (χ0v) is 10.7. The van der Waals surface area contributed by atoms with Gasteiger partial charge in [0.05, 0.1) is 6.04 Å². The van der Waals surface area contributed by atoms with E-state index in [4.69, 9.17) is 0 Å². The predicted octanol–water partition coefficient (Wildman–Crippen LogP) is 3.72. The Bertz CT molecular complexity index is 576. The van der Waals surface area contributed by atoms with Gasteiger partial charge in [0.25, 0.3) is 0 Å². The standard InChI is InChI=1S/C15H14F3N/c1-9-6-7-10(13(18)8-9)15(19-2)14-11(16)4-3-5-12(14)17/h3-8,15,19H,1-2H3. The molecule has 0 saturated heterocycles. The smallest absolute Gasteiger partial charge is 0.131 e. The molecule has 1 unspecified atom stereocenters. The molecule has 2 rings (SSSR count). The highest BCUT2D eigenvalue weighted by atomic mass is 19.1. The van der Waals surface area contributed by atoms with Gasteiger partial charge in [0.1, 0.15) is 17.5 Å². The molecule has 0 aliphatic heterocycles. The molecule has 2 aromatic carbocycles. The first-order valence-corrected chi connectivity index (χ1v) is 5.92. The Kier molecular flexibility index (Phi) is 3.90. The van der Waals surface area contributed by atoms with Crippen LogP contribution >= 0.6 is 0 Å². The Morgan fingerprint density at radius 1 is 0.947 bits per heavy atom. The minimum absolute atomic E-state index is 0.173. The van der Waals surface area contributed by atoms with Crippen LogP contribution in [0.4, 0.5) is 13.2 Å². The predicted molar refractivity (Wildman–Crippen MR) is 68.4 cm³/mol. The minimum Gasteiger partial charge on any atom is -0.309 e. The average Bonchev–Trinajstić information content (AvgIpc) is 2.35. The van der Waals surface area contributed by atoms with E-state index >= 15 is 0 Å². The lowest BCUT2D eigenvalue weighted by Gasteiger charge is -2.19. The van der Waals surface area contributed by atoms with Crippen LogP contribution in [0.2, 0.25) is 0 Å². The van der Waals surface area contributed by atoms with Gasteiger partial charge in [-0.25, -0.2) is 13.2 Å². The van der Waals surface area contributed by atoms with Crippen LogP contribution in [0, 0.1) is 24.4 Å². The molecule has 100 valence electrons. The minimum atomic E-state index is -0.859. The van der Waals surface area contributed by atoms with E-state index in [-0.39, 0.29) is 11.1 Å². The third-order valence-electron chi connectivity index (χ3n) is 3.04. The summed E-state index contributed by atoms with van der Waals surface area (Å²) in [5, 5.41) is 2.76. The summed E-state index contributed by atoms with van der Waals surface area (Å²) < 4.78 is 41.5. The van der Waals surface area contributed by atoms with Crippen LogP contribution in [0.3, 0.4) is 0 Å². The molecule has 0 aliphatic carbocycles. The third-order valence-corrected chi connectivity index (χ3v) is 3.04. The summed E-state index contributed by atoms with van der Waals surface area (Å²) in [5.41, 5.74) is 0.801. The second-order valence-electron chi connectivity index (χ2n) is 4.38. The molecule has 0 heterocycles. The van der Waals surface area contributed by atoms with Gasteiger partial charge < -0.3 is 5.32 Å². The maximum Gasteiger partial charge on any atom is 0.131 e. The van der Waals surface area contributed by atoms with Crippen molar-refractivity contribution in [3.63, 3.8) is 0 Å². The number of benzene rings is 2. The van der Waals surface area contributed by atoms with Crippen LogP contribution < -0.4 is 5.32 Å². The summed E-state index contributed by atoms with van der Waals surface area (Å²) >= 11 is 0. The third kappa shape index (κ3) is 2.63. The monoisotopic (exact) mass is 265 g/mol. The zero-order valence-electron chi connectivity index (χ0n) is 10.7. The Morgan fingerprint density at radius 3 is 2.11 bits per heavy atom. The van der Waals surface area contributed by atoms with Crippen molar-refractivity contribution in [1.82, 2.24) is 5.32 Å². The molecule has 0 bridgehead atoms. The van der Waals surface area contributed by atoms with Crippen molar-refractivity contribution in [2.24, 2.45) is 0 Å². The number of hydrogen-bond acceptors (Lipinski definition) is 1. The number of rotatable bonds is 3. The first-order valence-electron chi connectivity index (χ1n) is 5.92. The van der Waals surface area contributed by atoms with Gasteiger partial charge in [-0.1, -0.05) is 18.2 Å². The largest absolute Gasteiger partial charge is 0.309 e. The van der Waals surface area contributed by atoms with Gasteiger partial charge in [-0.15, -0.1) is 0 Å². The maximum atomic E-state index is 14.0. The highest BCUT2D eigenvalue weighted by Gasteiger charge is 2.22. The molecule has 2 aromatic rings. The molecule has 0 radical (unpaired) electrons. The number of nitrogens with one attached hydrogen (secondary N) is 1. The van der Waals surface area contributed by atoms with Gasteiger partial charge in [-0.05, 0) is 37.7 Å². The zero-order chi connectivity index (χ0) is 14.0. The van der Waals surface area contributed by atoms with Gasteiger partial charge in [0.15, 0.2) is 0 Å². The van der Waals surface area contributed by atoms with E-state index in [1.165, 1.54) is 25.2 Å². The van der Waals surface area contributed by atoms with E-state index in [9.17, 15) is 13.2 Å². The number of halogens is 3. The molecule has 0 saturated carbocycles. The Labute approximate surface area is 110 Å². The van der Waals surface area contributed by atoms with Gasteiger partial charge in [0.2, 0.25) is 0 Å². The molecule has 0 amide bonds. The molecule has 0 aromatic heterocycles. The summed E-state index contributed by atoms with van der Waals surface area (Å²) in [6.45, 7) is 1.75. The van der Waals surface area contributed by atoms with E-state index in [2.05, 4.69) is 5.32 Å². The average molecular weight is 265 g/mol. The van der Waals surface area contributed by atoms with E-state index in [1.807, 2.05) is 0 Å². The first-order chi connectivity index (χ1) is 9.04. The normalized spacial score (nSPS) is 12.5. The summed E-state index contributed by atoms with van der Waals surface area (Å²) in [4.78, 5) is 0. The number of aryl methyl sites for hydroxylation is 1. The van der Waals surface area contributed by atoms with Gasteiger partial charge in [-0.2, -0.15) is 0 Å². The van der Waals surface area contributed by atoms with Gasteiger partial charge >= 0.3 is 0 Å². The van der Waals surface area contributed by atoms with Crippen molar-refractivity contribution in [1.29, 1.82) is 0 Å². The van der Waals surface area contributed by atoms with Crippen LogP contribution in [0.25, 0.3) is 0 Å². The van der Waals surface area contributed by atoms with Crippen molar-refractivity contribution < 1.29 is 13.2 Å². The van der Waals surface area contributed by atoms with Crippen LogP contribution in [-0.4, -0.2) is 7.05 Å². The SMILES string of the molecule is CNC(c1ccc(C)cc1F)c1c(F)cccc1F. The van der Waals surface area contributed by atoms with Crippen molar-refractivity contribution >= 4 is 0 Å². The van der Waals surface area contributed by atoms with E-state index in [0.717, 1.165) is 17.7 Å². The molecule has 1 nitrogen and oxygen atoms in total. The maximum absolute atomic E-state index is 14.0. The lowest BCUT2D eigenvalue weighted by Crippen LogP contribution is -2.21. The lowest BCUT2D eigenvalue weighted by molar-refractivity contribution is 0.507. The Hall–Kier alpha value is -1.81. The number of hydrogen-bond donors (Lipinski definition) is 1. The molecule has 0 fully saturated rings. The topological polar surface area (TPSA) is 12.0 Å². The molecule has 1 atom stereocenters. The van der Waals surface area contributed by atoms with E-state index in [0.29, 0.717) is 0 Å². The lowest BCUT2D eigenvalue weighted by atomic mass is 9.96. The highest BCUT2D eigenvalue weighted by Crippen LogP contribution is 2.28. The second kappa shape index (κ2) is 5.45. The fraction of sp³-hybridized carbons (Fsp3) is 0.200. The van der Waals surface area contributed by atoms with Crippen LogP contribution in [-0.2, 0) is 0 Å². The van der Waals surface area contributed by atoms with Crippen molar-refractivity contribution in [3.8, 4) is 0 Å². The Morgan fingerprint density at radius 2 is 1.58 bits per heavy atom. The molecular formula is C15H14F3N. The van der Waals surface area contributed by atoms with Crippen LogP contribution in [0.15, 0.2) is 36.4 Å². The molecule has 1 N–H and O–H groups in total. The molecular weight excluding hydrogens is 251 g/mol. The fourth-order valence-corrected chi connectivity index (χ4v) is 2.11. The van der Waals surface area contributed by atoms with Gasteiger partial charge in [-0.3, -0.25) is 0 Å². The second-order valence-corrected chi connectivity index (χ2v) is 4.38.